The highest BCUT2D eigenvalue weighted by Gasteiger charge is 2.27. The van der Waals surface area contributed by atoms with Gasteiger partial charge in [0, 0.05) is 30.2 Å². The number of aromatic nitrogens is 4. The first-order chi connectivity index (χ1) is 12.7. The van der Waals surface area contributed by atoms with Crippen LogP contribution in [0.4, 0.5) is 4.39 Å². The van der Waals surface area contributed by atoms with E-state index in [4.69, 9.17) is 9.97 Å². The average molecular weight is 351 g/mol. The van der Waals surface area contributed by atoms with Gasteiger partial charge in [0.25, 0.3) is 0 Å². The van der Waals surface area contributed by atoms with Gasteiger partial charge in [0.15, 0.2) is 5.82 Å². The van der Waals surface area contributed by atoms with Crippen molar-refractivity contribution in [1.29, 1.82) is 0 Å². The number of H-pyrrole nitrogens is 1. The molecule has 134 valence electrons. The summed E-state index contributed by atoms with van der Waals surface area (Å²) in [4.78, 5) is 19.2. The fraction of sp³-hybridized carbons (Fsp3) is 0.350. The van der Waals surface area contributed by atoms with Crippen molar-refractivity contribution in [3.05, 3.63) is 65.6 Å². The Kier molecular flexibility index (Phi) is 4.75. The highest BCUT2D eigenvalue weighted by atomic mass is 19.1. The first-order valence-corrected chi connectivity index (χ1v) is 9.03. The van der Waals surface area contributed by atoms with Gasteiger partial charge >= 0.3 is 0 Å². The van der Waals surface area contributed by atoms with E-state index in [1.807, 2.05) is 25.1 Å². The van der Waals surface area contributed by atoms with E-state index < -0.39 is 0 Å². The number of likely N-dealkylation sites (tertiary alicyclic amines) is 1. The van der Waals surface area contributed by atoms with E-state index in [-0.39, 0.29) is 11.9 Å². The summed E-state index contributed by atoms with van der Waals surface area (Å²) in [7, 11) is 0. The van der Waals surface area contributed by atoms with Gasteiger partial charge in [-0.05, 0) is 38.4 Å². The van der Waals surface area contributed by atoms with Crippen LogP contribution >= 0.6 is 0 Å². The number of nitrogens with one attached hydrogen (secondary N) is 1. The van der Waals surface area contributed by atoms with Gasteiger partial charge < -0.3 is 4.98 Å². The van der Waals surface area contributed by atoms with Gasteiger partial charge in [-0.2, -0.15) is 0 Å². The minimum atomic E-state index is -0.154. The lowest BCUT2D eigenvalue weighted by Crippen LogP contribution is -2.34. The maximum Gasteiger partial charge on any atom is 0.156 e. The van der Waals surface area contributed by atoms with E-state index in [0.717, 1.165) is 54.4 Å². The number of rotatable bonds is 4. The van der Waals surface area contributed by atoms with Crippen molar-refractivity contribution in [2.45, 2.75) is 38.8 Å². The third kappa shape index (κ3) is 3.51. The quantitative estimate of drug-likeness (QED) is 0.771. The molecule has 1 N–H and O–H groups in total. The Balaban J connectivity index is 1.65. The lowest BCUT2D eigenvalue weighted by atomic mass is 10.00. The van der Waals surface area contributed by atoms with Gasteiger partial charge in [-0.15, -0.1) is 0 Å². The number of aryl methyl sites for hydroxylation is 1. The topological polar surface area (TPSA) is 57.7 Å². The van der Waals surface area contributed by atoms with Crippen molar-refractivity contribution in [2.75, 3.05) is 6.54 Å². The summed E-state index contributed by atoms with van der Waals surface area (Å²) in [5.41, 5.74) is 2.44. The van der Waals surface area contributed by atoms with E-state index in [9.17, 15) is 4.39 Å². The van der Waals surface area contributed by atoms with Crippen molar-refractivity contribution < 1.29 is 4.39 Å². The minimum Gasteiger partial charge on any atom is -0.343 e. The van der Waals surface area contributed by atoms with Gasteiger partial charge in [-0.25, -0.2) is 19.3 Å². The second-order valence-corrected chi connectivity index (χ2v) is 6.76. The van der Waals surface area contributed by atoms with Crippen LogP contribution in [0.25, 0.3) is 11.5 Å². The van der Waals surface area contributed by atoms with Crippen molar-refractivity contribution in [3.8, 4) is 11.5 Å². The van der Waals surface area contributed by atoms with E-state index in [0.29, 0.717) is 6.54 Å². The third-order valence-corrected chi connectivity index (χ3v) is 4.86. The number of aromatic amines is 1. The maximum atomic E-state index is 14.1. The van der Waals surface area contributed by atoms with Crippen molar-refractivity contribution in [1.82, 2.24) is 24.8 Å². The summed E-state index contributed by atoms with van der Waals surface area (Å²) in [5.74, 6) is 1.39. The second kappa shape index (κ2) is 7.33. The number of hydrogen-bond donors (Lipinski definition) is 1. The Hall–Kier alpha value is -2.60. The van der Waals surface area contributed by atoms with Crippen LogP contribution in [0.1, 0.15) is 42.4 Å². The van der Waals surface area contributed by atoms with Crippen LogP contribution in [0, 0.1) is 12.7 Å². The molecular weight excluding hydrogens is 329 g/mol. The highest BCUT2D eigenvalue weighted by molar-refractivity contribution is 5.49. The van der Waals surface area contributed by atoms with Crippen molar-refractivity contribution >= 4 is 0 Å². The van der Waals surface area contributed by atoms with E-state index >= 15 is 0 Å². The summed E-state index contributed by atoms with van der Waals surface area (Å²) < 4.78 is 14.1. The van der Waals surface area contributed by atoms with Gasteiger partial charge in [0.1, 0.15) is 17.3 Å². The fourth-order valence-electron chi connectivity index (χ4n) is 3.59. The van der Waals surface area contributed by atoms with Crippen LogP contribution < -0.4 is 0 Å². The van der Waals surface area contributed by atoms with Gasteiger partial charge in [-0.3, -0.25) is 4.90 Å². The second-order valence-electron chi connectivity index (χ2n) is 6.76. The molecule has 0 bridgehead atoms. The Morgan fingerprint density at radius 3 is 2.92 bits per heavy atom. The Morgan fingerprint density at radius 2 is 2.12 bits per heavy atom. The smallest absolute Gasteiger partial charge is 0.156 e. The lowest BCUT2D eigenvalue weighted by Gasteiger charge is -2.35. The first kappa shape index (κ1) is 16.8. The van der Waals surface area contributed by atoms with Crippen LogP contribution in [-0.4, -0.2) is 31.4 Å². The molecule has 1 fully saturated rings. The van der Waals surface area contributed by atoms with Crippen LogP contribution in [0.15, 0.2) is 42.7 Å². The molecule has 1 aromatic carbocycles. The fourth-order valence-corrected chi connectivity index (χ4v) is 3.59. The zero-order valence-electron chi connectivity index (χ0n) is 14.8. The largest absolute Gasteiger partial charge is 0.343 e. The van der Waals surface area contributed by atoms with Crippen LogP contribution in [0.2, 0.25) is 0 Å². The molecule has 6 heteroatoms. The molecule has 4 rings (SSSR count). The minimum absolute atomic E-state index is 0.0944. The van der Waals surface area contributed by atoms with E-state index in [1.54, 1.807) is 18.5 Å². The van der Waals surface area contributed by atoms with Crippen LogP contribution in [0.3, 0.4) is 0 Å². The van der Waals surface area contributed by atoms with Crippen molar-refractivity contribution in [3.63, 3.8) is 0 Å². The third-order valence-electron chi connectivity index (χ3n) is 4.86. The zero-order chi connectivity index (χ0) is 17.9. The van der Waals surface area contributed by atoms with Gasteiger partial charge in [0.2, 0.25) is 0 Å². The number of halogens is 1. The molecule has 1 atom stereocenters. The Labute approximate surface area is 152 Å². The SMILES string of the molecule is Cc1cc(-c2ncc[nH]2)nc([C@@H]2CCCCN2Cc2ccccc2F)n1. The lowest BCUT2D eigenvalue weighted by molar-refractivity contribution is 0.132. The molecule has 1 saturated heterocycles. The maximum absolute atomic E-state index is 14.1. The molecule has 26 heavy (non-hydrogen) atoms. The molecule has 0 saturated carbocycles. The highest BCUT2D eigenvalue weighted by Crippen LogP contribution is 2.31. The normalized spacial score (nSPS) is 18.2. The van der Waals surface area contributed by atoms with Crippen molar-refractivity contribution in [2.24, 2.45) is 0 Å². The molecule has 2 aromatic heterocycles. The van der Waals surface area contributed by atoms with Crippen LogP contribution in [0.5, 0.6) is 0 Å². The number of imidazole rings is 1. The molecule has 0 aliphatic carbocycles. The molecule has 0 radical (unpaired) electrons. The molecular formula is C20H22FN5. The summed E-state index contributed by atoms with van der Waals surface area (Å²) in [6.45, 7) is 3.47. The number of benzene rings is 1. The van der Waals surface area contributed by atoms with Gasteiger partial charge in [-0.1, -0.05) is 24.6 Å². The number of hydrogen-bond acceptors (Lipinski definition) is 4. The Morgan fingerprint density at radius 1 is 1.23 bits per heavy atom. The molecule has 0 unspecified atom stereocenters. The molecule has 0 spiro atoms. The summed E-state index contributed by atoms with van der Waals surface area (Å²) in [6.07, 6.45) is 6.73. The molecule has 3 heterocycles. The molecule has 0 amide bonds. The standard InChI is InChI=1S/C20H22FN5/c1-14-12-17(19-22-9-10-23-19)25-20(24-14)18-8-4-5-11-26(18)13-15-6-2-3-7-16(15)21/h2-3,6-7,9-10,12,18H,4-5,8,11,13H2,1H3,(H,22,23)/t18-/m0/s1. The summed E-state index contributed by atoms with van der Waals surface area (Å²) in [5, 5.41) is 0. The summed E-state index contributed by atoms with van der Waals surface area (Å²) >= 11 is 0. The molecule has 1 aliphatic heterocycles. The predicted octanol–water partition coefficient (Wildman–Crippen LogP) is 4.04. The first-order valence-electron chi connectivity index (χ1n) is 9.03. The Bertz CT molecular complexity index is 878. The molecule has 3 aromatic rings. The van der Waals surface area contributed by atoms with Crippen LogP contribution in [-0.2, 0) is 6.54 Å². The predicted molar refractivity (Wildman–Crippen MR) is 97.8 cm³/mol. The summed E-state index contributed by atoms with van der Waals surface area (Å²) in [6, 6.07) is 9.02. The number of piperidine rings is 1. The average Bonchev–Trinajstić information content (AvgIpc) is 3.18. The monoisotopic (exact) mass is 351 g/mol. The zero-order valence-corrected chi connectivity index (χ0v) is 14.8. The number of nitrogens with zero attached hydrogens (tertiary/aromatic N) is 4. The molecule has 5 nitrogen and oxygen atoms in total. The van der Waals surface area contributed by atoms with E-state index in [1.165, 1.54) is 6.07 Å². The van der Waals surface area contributed by atoms with Gasteiger partial charge in [0.05, 0.1) is 6.04 Å². The molecule has 1 aliphatic rings. The van der Waals surface area contributed by atoms with E-state index in [2.05, 4.69) is 14.9 Å².